The zero-order valence-corrected chi connectivity index (χ0v) is 12.2. The number of para-hydroxylation sites is 1. The maximum Gasteiger partial charge on any atom is 0.125 e. The molecule has 1 aromatic heterocycles. The first-order valence-electron chi connectivity index (χ1n) is 6.12. The van der Waals surface area contributed by atoms with Crippen LogP contribution in [0.5, 0.6) is 0 Å². The Bertz CT molecular complexity index is 783. The van der Waals surface area contributed by atoms with Crippen molar-refractivity contribution in [1.82, 2.24) is 9.78 Å². The van der Waals surface area contributed by atoms with Crippen LogP contribution >= 0.6 is 23.2 Å². The maximum atomic E-state index is 10.6. The molecule has 0 radical (unpaired) electrons. The third-order valence-corrected chi connectivity index (χ3v) is 3.88. The van der Waals surface area contributed by atoms with Crippen molar-refractivity contribution < 1.29 is 5.11 Å². The van der Waals surface area contributed by atoms with Crippen LogP contribution in [0, 0.1) is 0 Å². The Hall–Kier alpha value is -1.55. The molecule has 0 amide bonds. The highest BCUT2D eigenvalue weighted by molar-refractivity contribution is 6.33. The number of aromatic nitrogens is 2. The van der Waals surface area contributed by atoms with Crippen LogP contribution in [0.3, 0.4) is 0 Å². The monoisotopic (exact) mass is 306 g/mol. The lowest BCUT2D eigenvalue weighted by atomic mass is 10.0. The molecule has 1 heterocycles. The zero-order valence-electron chi connectivity index (χ0n) is 10.7. The van der Waals surface area contributed by atoms with Gasteiger partial charge in [0.25, 0.3) is 0 Å². The van der Waals surface area contributed by atoms with Crippen molar-refractivity contribution in [2.24, 2.45) is 7.05 Å². The van der Waals surface area contributed by atoms with Gasteiger partial charge in [0.1, 0.15) is 11.8 Å². The number of hydrogen-bond donors (Lipinski definition) is 1. The first kappa shape index (κ1) is 13.4. The number of benzene rings is 2. The fourth-order valence-electron chi connectivity index (χ4n) is 2.32. The predicted molar refractivity (Wildman–Crippen MR) is 81.2 cm³/mol. The lowest BCUT2D eigenvalue weighted by molar-refractivity contribution is 0.216. The van der Waals surface area contributed by atoms with Gasteiger partial charge in [-0.3, -0.25) is 4.68 Å². The van der Waals surface area contributed by atoms with Gasteiger partial charge in [-0.15, -0.1) is 0 Å². The normalized spacial score (nSPS) is 12.8. The summed E-state index contributed by atoms with van der Waals surface area (Å²) in [6.45, 7) is 0. The molecule has 20 heavy (non-hydrogen) atoms. The number of halogens is 2. The molecule has 2 aromatic carbocycles. The Morgan fingerprint density at radius 3 is 2.70 bits per heavy atom. The Morgan fingerprint density at radius 2 is 1.90 bits per heavy atom. The minimum absolute atomic E-state index is 0.469. The van der Waals surface area contributed by atoms with Crippen molar-refractivity contribution in [1.29, 1.82) is 0 Å². The zero-order chi connectivity index (χ0) is 14.3. The van der Waals surface area contributed by atoms with E-state index in [0.717, 1.165) is 10.9 Å². The van der Waals surface area contributed by atoms with Gasteiger partial charge in [0.2, 0.25) is 0 Å². The quantitative estimate of drug-likeness (QED) is 0.778. The van der Waals surface area contributed by atoms with Crippen molar-refractivity contribution in [2.75, 3.05) is 0 Å². The van der Waals surface area contributed by atoms with Crippen molar-refractivity contribution in [3.05, 3.63) is 63.8 Å². The van der Waals surface area contributed by atoms with Gasteiger partial charge in [0.05, 0.1) is 5.52 Å². The molecule has 1 N–H and O–H groups in total. The highest BCUT2D eigenvalue weighted by Crippen LogP contribution is 2.33. The summed E-state index contributed by atoms with van der Waals surface area (Å²) in [6, 6.07) is 12.8. The summed E-state index contributed by atoms with van der Waals surface area (Å²) >= 11 is 12.1. The molecule has 0 saturated heterocycles. The summed E-state index contributed by atoms with van der Waals surface area (Å²) in [7, 11) is 1.85. The second-order valence-corrected chi connectivity index (χ2v) is 5.44. The topological polar surface area (TPSA) is 38.0 Å². The first-order valence-corrected chi connectivity index (χ1v) is 6.88. The van der Waals surface area contributed by atoms with Gasteiger partial charge in [0.15, 0.2) is 0 Å². The van der Waals surface area contributed by atoms with Crippen molar-refractivity contribution >= 4 is 34.1 Å². The fourth-order valence-corrected chi connectivity index (χ4v) is 2.72. The van der Waals surface area contributed by atoms with Gasteiger partial charge < -0.3 is 5.11 Å². The van der Waals surface area contributed by atoms with Crippen LogP contribution in [0.25, 0.3) is 10.9 Å². The summed E-state index contributed by atoms with van der Waals surface area (Å²) < 4.78 is 1.74. The molecule has 1 atom stereocenters. The van der Waals surface area contributed by atoms with Crippen molar-refractivity contribution in [2.45, 2.75) is 6.10 Å². The highest BCUT2D eigenvalue weighted by Gasteiger charge is 2.20. The van der Waals surface area contributed by atoms with Crippen LogP contribution in [0.1, 0.15) is 17.4 Å². The molecule has 1 unspecified atom stereocenters. The number of nitrogens with zero attached hydrogens (tertiary/aromatic N) is 2. The summed E-state index contributed by atoms with van der Waals surface area (Å²) in [4.78, 5) is 0. The van der Waals surface area contributed by atoms with E-state index in [-0.39, 0.29) is 0 Å². The number of hydrogen-bond acceptors (Lipinski definition) is 2. The van der Waals surface area contributed by atoms with Crippen molar-refractivity contribution in [3.63, 3.8) is 0 Å². The average molecular weight is 307 g/mol. The van der Waals surface area contributed by atoms with Crippen LogP contribution in [-0.2, 0) is 7.05 Å². The fraction of sp³-hybridized carbons (Fsp3) is 0.133. The van der Waals surface area contributed by atoms with E-state index in [1.54, 1.807) is 22.9 Å². The Morgan fingerprint density at radius 1 is 1.15 bits per heavy atom. The minimum Gasteiger partial charge on any atom is -0.382 e. The van der Waals surface area contributed by atoms with E-state index in [4.69, 9.17) is 23.2 Å². The van der Waals surface area contributed by atoms with Gasteiger partial charge in [-0.05, 0) is 24.3 Å². The average Bonchev–Trinajstić information content (AvgIpc) is 2.79. The lowest BCUT2D eigenvalue weighted by Gasteiger charge is -2.11. The molecule has 0 saturated carbocycles. The van der Waals surface area contributed by atoms with E-state index in [2.05, 4.69) is 5.10 Å². The van der Waals surface area contributed by atoms with E-state index < -0.39 is 6.10 Å². The van der Waals surface area contributed by atoms with Crippen LogP contribution in [0.15, 0.2) is 42.5 Å². The van der Waals surface area contributed by atoms with Crippen LogP contribution in [-0.4, -0.2) is 14.9 Å². The molecule has 0 aliphatic rings. The molecule has 3 aromatic rings. The van der Waals surface area contributed by atoms with E-state index >= 15 is 0 Å². The summed E-state index contributed by atoms with van der Waals surface area (Å²) in [5, 5.41) is 16.9. The molecule has 0 bridgehead atoms. The SMILES string of the molecule is Cn1nc(C(O)c2cc(Cl)ccc2Cl)c2ccccc21. The van der Waals surface area contributed by atoms with Gasteiger partial charge in [-0.1, -0.05) is 41.4 Å². The van der Waals surface area contributed by atoms with E-state index in [0.29, 0.717) is 21.3 Å². The first-order chi connectivity index (χ1) is 9.58. The molecule has 0 fully saturated rings. The van der Waals surface area contributed by atoms with Gasteiger partial charge >= 0.3 is 0 Å². The standard InChI is InChI=1S/C15H12Cl2N2O/c1-19-13-5-3-2-4-10(13)14(18-19)15(20)11-8-9(16)6-7-12(11)17/h2-8,15,20H,1H3. The Kier molecular flexibility index (Phi) is 3.42. The number of rotatable bonds is 2. The van der Waals surface area contributed by atoms with Crippen LogP contribution < -0.4 is 0 Å². The van der Waals surface area contributed by atoms with E-state index in [1.807, 2.05) is 31.3 Å². The molecule has 0 spiro atoms. The maximum absolute atomic E-state index is 10.6. The number of aryl methyl sites for hydroxylation is 1. The molecule has 3 rings (SSSR count). The molecule has 0 aliphatic heterocycles. The molecule has 102 valence electrons. The van der Waals surface area contributed by atoms with Gasteiger partial charge in [-0.2, -0.15) is 5.10 Å². The summed E-state index contributed by atoms with van der Waals surface area (Å²) in [5.41, 5.74) is 2.09. The highest BCUT2D eigenvalue weighted by atomic mass is 35.5. The predicted octanol–water partition coefficient (Wildman–Crippen LogP) is 3.96. The van der Waals surface area contributed by atoms with Gasteiger partial charge in [-0.25, -0.2) is 0 Å². The number of fused-ring (bicyclic) bond motifs is 1. The minimum atomic E-state index is -0.910. The van der Waals surface area contributed by atoms with E-state index in [9.17, 15) is 5.11 Å². The number of aliphatic hydroxyl groups is 1. The molecule has 3 nitrogen and oxygen atoms in total. The largest absolute Gasteiger partial charge is 0.382 e. The molecule has 0 aliphatic carbocycles. The number of aliphatic hydroxyl groups excluding tert-OH is 1. The molecular weight excluding hydrogens is 295 g/mol. The summed E-state index contributed by atoms with van der Waals surface area (Å²) in [6.07, 6.45) is -0.910. The smallest absolute Gasteiger partial charge is 0.125 e. The van der Waals surface area contributed by atoms with Crippen molar-refractivity contribution in [3.8, 4) is 0 Å². The van der Waals surface area contributed by atoms with E-state index in [1.165, 1.54) is 0 Å². The second kappa shape index (κ2) is 5.09. The molecular formula is C15H12Cl2N2O. The van der Waals surface area contributed by atoms with Gasteiger partial charge in [0, 0.05) is 28.0 Å². The third kappa shape index (κ3) is 2.18. The second-order valence-electron chi connectivity index (χ2n) is 4.59. The van der Waals surface area contributed by atoms with Crippen LogP contribution in [0.4, 0.5) is 0 Å². The molecule has 5 heteroatoms. The van der Waals surface area contributed by atoms with Crippen LogP contribution in [0.2, 0.25) is 10.0 Å². The Balaban J connectivity index is 2.18. The lowest BCUT2D eigenvalue weighted by Crippen LogP contribution is -2.03. The third-order valence-electron chi connectivity index (χ3n) is 3.30. The summed E-state index contributed by atoms with van der Waals surface area (Å²) in [5.74, 6) is 0. The Labute approximate surface area is 126 Å².